The Hall–Kier alpha value is -5.50. The second-order valence-corrected chi connectivity index (χ2v) is 13.4. The van der Waals surface area contributed by atoms with Gasteiger partial charge in [0.05, 0.1) is 0 Å². The normalized spacial score (nSPS) is 22.8. The maximum absolute atomic E-state index is 14.0. The first kappa shape index (κ1) is 30.8. The molecule has 0 fully saturated rings. The fraction of sp³-hybridized carbons (Fsp3) is 0.371. The number of aliphatic hydroxyl groups excluding tert-OH is 1. The van der Waals surface area contributed by atoms with Gasteiger partial charge >= 0.3 is 0 Å². The minimum Gasteiger partial charge on any atom is -0.469 e. The van der Waals surface area contributed by atoms with Gasteiger partial charge in [0.15, 0.2) is 23.4 Å². The predicted octanol–water partition coefficient (Wildman–Crippen LogP) is 4.04. The molecule has 252 valence electrons. The number of carbonyl (C=O) groups is 2. The lowest BCUT2D eigenvalue weighted by atomic mass is 9.72. The maximum atomic E-state index is 14.0. The molecule has 4 N–H and O–H groups in total. The Morgan fingerprint density at radius 1 is 1.06 bits per heavy atom. The molecule has 0 radical (unpaired) electrons. The number of fused-ring (bicyclic) bond motifs is 4. The molecule has 14 nitrogen and oxygen atoms in total. The van der Waals surface area contributed by atoms with E-state index in [1.54, 1.807) is 20.8 Å². The van der Waals surface area contributed by atoms with Crippen molar-refractivity contribution in [2.75, 3.05) is 5.32 Å². The van der Waals surface area contributed by atoms with Gasteiger partial charge in [0.2, 0.25) is 35.3 Å². The van der Waals surface area contributed by atoms with Crippen LogP contribution in [-0.2, 0) is 21.4 Å². The molecule has 3 aliphatic heterocycles. The number of oxazole rings is 2. The van der Waals surface area contributed by atoms with E-state index in [-0.39, 0.29) is 35.9 Å². The van der Waals surface area contributed by atoms with Crippen molar-refractivity contribution >= 4 is 17.5 Å². The van der Waals surface area contributed by atoms with Gasteiger partial charge in [-0.3, -0.25) is 9.59 Å². The van der Waals surface area contributed by atoms with E-state index in [1.165, 1.54) is 6.26 Å². The largest absolute Gasteiger partial charge is 0.469 e. The number of nitrogens with zero attached hydrogens (tertiary/aromatic N) is 4. The molecule has 4 bridgehead atoms. The standard InChI is InChI=1S/C35H35N7O7/c1-15(2)25-33-41-26(32-38-23(14-46-32)29-36-17(5)49-42-29)28(48-33)35-19-8-6-7-9-21(19)39-34(35)47-24-11-10-18(12-20(24)35)13-22(30(44)40-25)37-31(45)27(43)16(3)4/h6-12,14-16,22,25,27,34,39,43H,13H2,1-5H3,(H,37,45)(H,40,44)/t22-,25?,27-,34?,35-/m0/s1. The fourth-order valence-electron chi connectivity index (χ4n) is 6.90. The number of ether oxygens (including phenoxy) is 1. The number of benzene rings is 2. The van der Waals surface area contributed by atoms with Crippen LogP contribution >= 0.6 is 0 Å². The highest BCUT2D eigenvalue weighted by atomic mass is 16.5. The van der Waals surface area contributed by atoms with E-state index in [0.717, 1.165) is 22.4 Å². The highest BCUT2D eigenvalue weighted by molar-refractivity contribution is 5.90. The van der Waals surface area contributed by atoms with Gasteiger partial charge in [-0.25, -0.2) is 9.97 Å². The highest BCUT2D eigenvalue weighted by Gasteiger charge is 2.61. The number of para-hydroxylation sites is 1. The zero-order valence-corrected chi connectivity index (χ0v) is 27.5. The van der Waals surface area contributed by atoms with Crippen molar-refractivity contribution in [2.45, 2.75) is 70.9 Å². The van der Waals surface area contributed by atoms with E-state index in [4.69, 9.17) is 28.1 Å². The van der Waals surface area contributed by atoms with E-state index in [2.05, 4.69) is 26.1 Å². The van der Waals surface area contributed by atoms with Crippen LogP contribution in [0.15, 0.2) is 62.1 Å². The second-order valence-electron chi connectivity index (χ2n) is 13.4. The summed E-state index contributed by atoms with van der Waals surface area (Å²) in [5, 5.41) is 23.9. The minimum absolute atomic E-state index is 0.154. The molecule has 49 heavy (non-hydrogen) atoms. The minimum atomic E-state index is -1.28. The molecular formula is C35H35N7O7. The summed E-state index contributed by atoms with van der Waals surface area (Å²) in [4.78, 5) is 41.1. The quantitative estimate of drug-likeness (QED) is 0.204. The molecule has 0 saturated heterocycles. The molecule has 3 aliphatic rings. The Morgan fingerprint density at radius 2 is 1.88 bits per heavy atom. The number of aryl methyl sites for hydroxylation is 1. The van der Waals surface area contributed by atoms with E-state index in [9.17, 15) is 14.7 Å². The zero-order valence-electron chi connectivity index (χ0n) is 27.5. The van der Waals surface area contributed by atoms with Crippen LogP contribution in [-0.4, -0.2) is 55.4 Å². The topological polar surface area (TPSA) is 191 Å². The first-order chi connectivity index (χ1) is 23.5. The average molecular weight is 666 g/mol. The number of rotatable bonds is 6. The molecule has 5 atom stereocenters. The molecular weight excluding hydrogens is 630 g/mol. The third kappa shape index (κ3) is 4.80. The second kappa shape index (κ2) is 11.3. The summed E-state index contributed by atoms with van der Waals surface area (Å²) in [5.41, 5.74) is 2.91. The monoisotopic (exact) mass is 665 g/mol. The Kier molecular flexibility index (Phi) is 7.10. The van der Waals surface area contributed by atoms with Crippen LogP contribution in [0, 0.1) is 18.8 Å². The molecule has 1 spiro atoms. The third-order valence-corrected chi connectivity index (χ3v) is 9.41. The number of aliphatic hydroxyl groups is 1. The number of carbonyl (C=O) groups excluding carboxylic acids is 2. The first-order valence-electron chi connectivity index (χ1n) is 16.3. The molecule has 8 rings (SSSR count). The Balaban J connectivity index is 1.36. The molecule has 2 aromatic carbocycles. The molecule has 0 aliphatic carbocycles. The van der Waals surface area contributed by atoms with Crippen molar-refractivity contribution in [3.8, 4) is 28.9 Å². The fourth-order valence-corrected chi connectivity index (χ4v) is 6.90. The van der Waals surface area contributed by atoms with Gasteiger partial charge in [0.1, 0.15) is 35.6 Å². The van der Waals surface area contributed by atoms with Crippen LogP contribution in [0.25, 0.3) is 23.1 Å². The van der Waals surface area contributed by atoms with Gasteiger partial charge < -0.3 is 39.2 Å². The van der Waals surface area contributed by atoms with Crippen LogP contribution in [0.1, 0.15) is 68.0 Å². The highest BCUT2D eigenvalue weighted by Crippen LogP contribution is 2.59. The summed E-state index contributed by atoms with van der Waals surface area (Å²) >= 11 is 0. The van der Waals surface area contributed by atoms with Gasteiger partial charge in [-0.15, -0.1) is 0 Å². The number of hydrogen-bond donors (Lipinski definition) is 4. The summed E-state index contributed by atoms with van der Waals surface area (Å²) in [5.74, 6) is 0.436. The summed E-state index contributed by atoms with van der Waals surface area (Å²) in [6.07, 6.45) is -0.328. The third-order valence-electron chi connectivity index (χ3n) is 9.41. The van der Waals surface area contributed by atoms with Crippen molar-refractivity contribution in [2.24, 2.45) is 11.8 Å². The van der Waals surface area contributed by atoms with Gasteiger partial charge in [-0.05, 0) is 35.1 Å². The molecule has 2 amide bonds. The van der Waals surface area contributed by atoms with Crippen LogP contribution in [0.3, 0.4) is 0 Å². The Labute approximate surface area is 280 Å². The molecule has 6 heterocycles. The van der Waals surface area contributed by atoms with E-state index in [0.29, 0.717) is 28.8 Å². The molecule has 2 unspecified atom stereocenters. The lowest BCUT2D eigenvalue weighted by molar-refractivity contribution is -0.135. The molecule has 5 aromatic rings. The lowest BCUT2D eigenvalue weighted by Gasteiger charge is -2.29. The van der Waals surface area contributed by atoms with Gasteiger partial charge in [0, 0.05) is 24.6 Å². The van der Waals surface area contributed by atoms with Crippen molar-refractivity contribution < 1.29 is 32.8 Å². The first-order valence-corrected chi connectivity index (χ1v) is 16.3. The smallest absolute Gasteiger partial charge is 0.249 e. The van der Waals surface area contributed by atoms with Gasteiger partial charge in [0.25, 0.3) is 0 Å². The van der Waals surface area contributed by atoms with Crippen LogP contribution in [0.4, 0.5) is 5.69 Å². The lowest BCUT2D eigenvalue weighted by Crippen LogP contribution is -2.52. The number of nitrogens with one attached hydrogen (secondary N) is 3. The van der Waals surface area contributed by atoms with Gasteiger partial charge in [-0.1, -0.05) is 63.2 Å². The van der Waals surface area contributed by atoms with Gasteiger partial charge in [-0.2, -0.15) is 4.98 Å². The Morgan fingerprint density at radius 3 is 2.63 bits per heavy atom. The van der Waals surface area contributed by atoms with Crippen LogP contribution < -0.4 is 20.7 Å². The van der Waals surface area contributed by atoms with Crippen molar-refractivity contribution in [3.05, 3.63) is 83.0 Å². The van der Waals surface area contributed by atoms with E-state index < -0.39 is 41.6 Å². The number of amides is 2. The summed E-state index contributed by atoms with van der Waals surface area (Å²) in [6.45, 7) is 9.03. The van der Waals surface area contributed by atoms with E-state index in [1.807, 2.05) is 56.3 Å². The number of hydrogen-bond acceptors (Lipinski definition) is 12. The maximum Gasteiger partial charge on any atom is 0.249 e. The van der Waals surface area contributed by atoms with E-state index >= 15 is 0 Å². The van der Waals surface area contributed by atoms with Crippen molar-refractivity contribution in [1.29, 1.82) is 0 Å². The summed E-state index contributed by atoms with van der Waals surface area (Å²) < 4.78 is 24.6. The van der Waals surface area contributed by atoms with Crippen LogP contribution in [0.5, 0.6) is 5.75 Å². The molecule has 3 aromatic heterocycles. The molecule has 0 saturated carbocycles. The summed E-state index contributed by atoms with van der Waals surface area (Å²) in [7, 11) is 0. The molecule has 14 heteroatoms. The summed E-state index contributed by atoms with van der Waals surface area (Å²) in [6, 6.07) is 11.9. The SMILES string of the molecule is Cc1nc(-c2coc(-c3nc4oc3[C@@]35c6ccccc6NC3Oc3ccc(cc35)C[C@H](NC(=O)[C@@H](O)C(C)C)C(=O)NC4C(C)C)n2)no1. The van der Waals surface area contributed by atoms with Crippen molar-refractivity contribution in [3.63, 3.8) is 0 Å². The predicted molar refractivity (Wildman–Crippen MR) is 173 cm³/mol. The van der Waals surface area contributed by atoms with Crippen molar-refractivity contribution in [1.82, 2.24) is 30.7 Å². The Bertz CT molecular complexity index is 2100. The number of aromatic nitrogens is 4. The van der Waals surface area contributed by atoms with Crippen LogP contribution in [0.2, 0.25) is 0 Å². The average Bonchev–Trinajstić information content (AvgIpc) is 3.89. The zero-order chi connectivity index (χ0) is 34.2. The number of anilines is 1.